The Morgan fingerprint density at radius 3 is 2.58 bits per heavy atom. The summed E-state index contributed by atoms with van der Waals surface area (Å²) in [7, 11) is 0. The van der Waals surface area contributed by atoms with Gasteiger partial charge in [0, 0.05) is 0 Å². The molecule has 2 N–H and O–H groups in total. The lowest BCUT2D eigenvalue weighted by atomic mass is 9.96. The smallest absolute Gasteiger partial charge is 0.470 e. The number of carbonyl (C=O) groups is 2. The molecule has 1 aliphatic heterocycles. The van der Waals surface area contributed by atoms with Crippen LogP contribution in [-0.2, 0) is 35.0 Å². The van der Waals surface area contributed by atoms with E-state index in [0.29, 0.717) is 0 Å². The van der Waals surface area contributed by atoms with Crippen LogP contribution in [0.2, 0.25) is 0 Å². The van der Waals surface area contributed by atoms with Gasteiger partial charge in [-0.2, -0.15) is 0 Å². The number of amides is 1. The molecule has 200 valence electrons. The number of carbonyl (C=O) groups excluding carboxylic acids is 2. The highest BCUT2D eigenvalue weighted by Gasteiger charge is 2.50. The van der Waals surface area contributed by atoms with Gasteiger partial charge in [0.1, 0.15) is 31.5 Å². The average Bonchev–Trinajstić information content (AvgIpc) is 2.84. The van der Waals surface area contributed by atoms with Crippen molar-refractivity contribution in [3.05, 3.63) is 60.9 Å². The van der Waals surface area contributed by atoms with Gasteiger partial charge in [-0.15, -0.1) is 0 Å². The fourth-order valence-electron chi connectivity index (χ4n) is 3.08. The fraction of sp³-hybridized carbons (Fsp3) is 0.478. The van der Waals surface area contributed by atoms with Crippen LogP contribution in [0.5, 0.6) is 0 Å². The summed E-state index contributed by atoms with van der Waals surface area (Å²) >= 11 is 16.9. The Bertz CT molecular complexity index is 866. The van der Waals surface area contributed by atoms with Gasteiger partial charge in [0.2, 0.25) is 10.1 Å². The number of benzene rings is 1. The number of nitrogens with one attached hydrogen (secondary N) is 1. The number of aliphatic hydroxyl groups is 1. The van der Waals surface area contributed by atoms with Gasteiger partial charge < -0.3 is 38.8 Å². The van der Waals surface area contributed by atoms with Crippen LogP contribution in [-0.4, -0.2) is 71.6 Å². The van der Waals surface area contributed by atoms with Crippen LogP contribution in [0.4, 0.5) is 9.59 Å². The Morgan fingerprint density at radius 2 is 1.94 bits per heavy atom. The minimum absolute atomic E-state index is 0.0856. The Labute approximate surface area is 224 Å². The van der Waals surface area contributed by atoms with Crippen LogP contribution in [0.15, 0.2) is 55.3 Å². The Hall–Kier alpha value is -2.21. The van der Waals surface area contributed by atoms with E-state index in [1.54, 1.807) is 13.0 Å². The van der Waals surface area contributed by atoms with Crippen molar-refractivity contribution in [1.29, 1.82) is 0 Å². The number of halogens is 3. The van der Waals surface area contributed by atoms with Crippen molar-refractivity contribution in [2.24, 2.45) is 0 Å². The first-order valence-electron chi connectivity index (χ1n) is 10.8. The largest absolute Gasteiger partial charge is 0.509 e. The Balaban J connectivity index is 2.19. The first-order valence-corrected chi connectivity index (χ1v) is 11.9. The van der Waals surface area contributed by atoms with Crippen LogP contribution in [0, 0.1) is 0 Å². The standard InChI is InChI=1S/C23H28Cl3NO9/c1-3-10-32-20-17(27-21(29)34-14-23(24,25)26)19(36-22(30)33-11-4-2)18(28)16(35-20)13-31-12-15-8-6-5-7-9-15/h3-10,16-20,28H,2,11-14H2,1H3,(H,27,29)/b10-3+/t16-,17-,18-,19-,20+/m1/s1. The van der Waals surface area contributed by atoms with Gasteiger partial charge in [-0.05, 0) is 12.5 Å². The van der Waals surface area contributed by atoms with E-state index in [1.165, 1.54) is 12.3 Å². The van der Waals surface area contributed by atoms with E-state index in [-0.39, 0.29) is 19.8 Å². The molecule has 1 amide bonds. The molecule has 10 nitrogen and oxygen atoms in total. The summed E-state index contributed by atoms with van der Waals surface area (Å²) in [5.41, 5.74) is 0.904. The van der Waals surface area contributed by atoms with Crippen LogP contribution >= 0.6 is 34.8 Å². The Morgan fingerprint density at radius 1 is 1.22 bits per heavy atom. The van der Waals surface area contributed by atoms with Crippen molar-refractivity contribution < 1.29 is 43.1 Å². The number of alkyl halides is 3. The zero-order valence-corrected chi connectivity index (χ0v) is 21.7. The molecule has 1 heterocycles. The number of ether oxygens (including phenoxy) is 6. The molecule has 0 saturated carbocycles. The zero-order chi connectivity index (χ0) is 26.6. The highest BCUT2D eigenvalue weighted by Crippen LogP contribution is 2.28. The van der Waals surface area contributed by atoms with Gasteiger partial charge >= 0.3 is 12.2 Å². The van der Waals surface area contributed by atoms with E-state index in [9.17, 15) is 14.7 Å². The maximum absolute atomic E-state index is 12.4. The van der Waals surface area contributed by atoms with Crippen LogP contribution in [0.3, 0.4) is 0 Å². The van der Waals surface area contributed by atoms with Gasteiger partial charge in [-0.25, -0.2) is 9.59 Å². The average molecular weight is 569 g/mol. The van der Waals surface area contributed by atoms with Crippen molar-refractivity contribution >= 4 is 47.1 Å². The van der Waals surface area contributed by atoms with E-state index in [1.807, 2.05) is 30.3 Å². The molecule has 5 atom stereocenters. The molecule has 1 saturated heterocycles. The minimum atomic E-state index is -1.85. The normalized spacial score (nSPS) is 24.1. The molecule has 13 heteroatoms. The number of hydrogen-bond acceptors (Lipinski definition) is 9. The number of alkyl carbamates (subject to hydrolysis) is 1. The van der Waals surface area contributed by atoms with Gasteiger partial charge in [0.15, 0.2) is 6.10 Å². The van der Waals surface area contributed by atoms with Crippen molar-refractivity contribution in [2.75, 3.05) is 19.8 Å². The molecule has 0 radical (unpaired) electrons. The summed E-state index contributed by atoms with van der Waals surface area (Å²) in [5, 5.41) is 13.4. The Kier molecular flexibility index (Phi) is 12.6. The maximum Gasteiger partial charge on any atom is 0.509 e. The molecule has 0 spiro atoms. The predicted octanol–water partition coefficient (Wildman–Crippen LogP) is 4.01. The second kappa shape index (κ2) is 15.1. The summed E-state index contributed by atoms with van der Waals surface area (Å²) < 4.78 is 30.3. The molecular formula is C23H28Cl3NO9. The van der Waals surface area contributed by atoms with Gasteiger partial charge in [-0.3, -0.25) is 0 Å². The first-order chi connectivity index (χ1) is 17.1. The minimum Gasteiger partial charge on any atom is -0.470 e. The highest BCUT2D eigenvalue weighted by molar-refractivity contribution is 6.67. The third-order valence-electron chi connectivity index (χ3n) is 4.62. The van der Waals surface area contributed by atoms with Crippen molar-refractivity contribution in [3.63, 3.8) is 0 Å². The van der Waals surface area contributed by atoms with Gasteiger partial charge in [0.25, 0.3) is 0 Å². The second-order valence-corrected chi connectivity index (χ2v) is 9.95. The predicted molar refractivity (Wildman–Crippen MR) is 132 cm³/mol. The van der Waals surface area contributed by atoms with Crippen molar-refractivity contribution in [2.45, 2.75) is 48.0 Å². The molecule has 0 bridgehead atoms. The summed E-state index contributed by atoms with van der Waals surface area (Å²) in [6, 6.07) is 8.10. The molecule has 0 unspecified atom stereocenters. The number of hydrogen-bond donors (Lipinski definition) is 2. The SMILES string of the molecule is C=CCOC(=O)O[C@H]1[C@H](O)[C@@H](COCc2ccccc2)O[C@H](O/C=C/C)[C@@H]1NC(=O)OCC(Cl)(Cl)Cl. The number of aliphatic hydroxyl groups excluding tert-OH is 1. The van der Waals surface area contributed by atoms with Gasteiger partial charge in [0.05, 0.1) is 19.5 Å². The number of allylic oxidation sites excluding steroid dienone is 1. The quantitative estimate of drug-likeness (QED) is 0.176. The molecule has 1 fully saturated rings. The second-order valence-electron chi connectivity index (χ2n) is 7.43. The third-order valence-corrected chi connectivity index (χ3v) is 4.95. The maximum atomic E-state index is 12.4. The van der Waals surface area contributed by atoms with E-state index in [0.717, 1.165) is 5.56 Å². The lowest BCUT2D eigenvalue weighted by Gasteiger charge is -2.43. The molecule has 1 aliphatic rings. The van der Waals surface area contributed by atoms with Gasteiger partial charge in [-0.1, -0.05) is 83.9 Å². The lowest BCUT2D eigenvalue weighted by molar-refractivity contribution is -0.259. The summed E-state index contributed by atoms with van der Waals surface area (Å²) in [5.74, 6) is 0. The highest BCUT2D eigenvalue weighted by atomic mass is 35.6. The fourth-order valence-corrected chi connectivity index (χ4v) is 3.25. The van der Waals surface area contributed by atoms with Crippen LogP contribution in [0.25, 0.3) is 0 Å². The zero-order valence-electron chi connectivity index (χ0n) is 19.4. The summed E-state index contributed by atoms with van der Waals surface area (Å²) in [6.45, 7) is 4.60. The molecular weight excluding hydrogens is 541 g/mol. The summed E-state index contributed by atoms with van der Waals surface area (Å²) in [4.78, 5) is 24.6. The van der Waals surface area contributed by atoms with E-state index < -0.39 is 53.3 Å². The molecule has 1 aromatic rings. The van der Waals surface area contributed by atoms with E-state index in [2.05, 4.69) is 11.9 Å². The van der Waals surface area contributed by atoms with Crippen molar-refractivity contribution in [1.82, 2.24) is 5.32 Å². The summed E-state index contributed by atoms with van der Waals surface area (Å²) in [6.07, 6.45) is -3.02. The van der Waals surface area contributed by atoms with Crippen LogP contribution < -0.4 is 5.32 Å². The lowest BCUT2D eigenvalue weighted by Crippen LogP contribution is -2.65. The monoisotopic (exact) mass is 567 g/mol. The molecule has 2 rings (SSSR count). The van der Waals surface area contributed by atoms with E-state index in [4.69, 9.17) is 63.2 Å². The van der Waals surface area contributed by atoms with Crippen LogP contribution in [0.1, 0.15) is 12.5 Å². The third kappa shape index (κ3) is 10.4. The molecule has 1 aromatic carbocycles. The number of rotatable bonds is 11. The molecule has 0 aromatic heterocycles. The molecule has 0 aliphatic carbocycles. The topological polar surface area (TPSA) is 122 Å². The van der Waals surface area contributed by atoms with Crippen molar-refractivity contribution in [3.8, 4) is 0 Å². The van der Waals surface area contributed by atoms with E-state index >= 15 is 0 Å². The first kappa shape index (κ1) is 30.0. The molecule has 36 heavy (non-hydrogen) atoms.